The van der Waals surface area contributed by atoms with E-state index in [1.165, 1.54) is 0 Å². The van der Waals surface area contributed by atoms with E-state index < -0.39 is 0 Å². The molecule has 0 saturated carbocycles. The summed E-state index contributed by atoms with van der Waals surface area (Å²) >= 11 is 0. The van der Waals surface area contributed by atoms with Crippen LogP contribution >= 0.6 is 0 Å². The first kappa shape index (κ1) is 13.3. The van der Waals surface area contributed by atoms with Gasteiger partial charge < -0.3 is 14.8 Å². The van der Waals surface area contributed by atoms with E-state index in [9.17, 15) is 0 Å². The lowest BCUT2D eigenvalue weighted by atomic mass is 10.0. The lowest BCUT2D eigenvalue weighted by Gasteiger charge is -2.28. The summed E-state index contributed by atoms with van der Waals surface area (Å²) in [5.74, 6) is 0.660. The van der Waals surface area contributed by atoms with Gasteiger partial charge in [0.2, 0.25) is 5.88 Å². The smallest absolute Gasteiger partial charge is 0.213 e. The van der Waals surface area contributed by atoms with Gasteiger partial charge in [-0.2, -0.15) is 0 Å². The Morgan fingerprint density at radius 2 is 2.28 bits per heavy atom. The summed E-state index contributed by atoms with van der Waals surface area (Å²) in [6.07, 6.45) is 2.54. The molecule has 0 bridgehead atoms. The average Bonchev–Trinajstić information content (AvgIpc) is 2.36. The normalized spacial score (nSPS) is 23.9. The molecule has 1 aliphatic rings. The van der Waals surface area contributed by atoms with Crippen molar-refractivity contribution in [1.82, 2.24) is 10.3 Å². The summed E-state index contributed by atoms with van der Waals surface area (Å²) in [5.41, 5.74) is 2.09. The van der Waals surface area contributed by atoms with E-state index in [4.69, 9.17) is 9.47 Å². The van der Waals surface area contributed by atoms with Crippen LogP contribution in [-0.2, 0) is 11.3 Å². The molecule has 1 N–H and O–H groups in total. The second-order valence-corrected chi connectivity index (χ2v) is 4.97. The Bertz CT molecular complexity index is 395. The van der Waals surface area contributed by atoms with E-state index in [0.29, 0.717) is 24.6 Å². The number of nitrogens with zero attached hydrogens (tertiary/aromatic N) is 1. The molecule has 0 aliphatic carbocycles. The highest BCUT2D eigenvalue weighted by Crippen LogP contribution is 2.17. The third-order valence-electron chi connectivity index (χ3n) is 3.26. The number of piperidine rings is 1. The fourth-order valence-electron chi connectivity index (χ4n) is 2.35. The SMILES string of the molecule is COc1cc(CO[C@H]2CCN[C@@H](C)C2)cc(C)n1. The summed E-state index contributed by atoms with van der Waals surface area (Å²) in [5, 5.41) is 3.43. The molecule has 100 valence electrons. The molecule has 2 atom stereocenters. The van der Waals surface area contributed by atoms with Crippen molar-refractivity contribution in [1.29, 1.82) is 0 Å². The Morgan fingerprint density at radius 1 is 1.44 bits per heavy atom. The third-order valence-corrected chi connectivity index (χ3v) is 3.26. The number of nitrogens with one attached hydrogen (secondary N) is 1. The van der Waals surface area contributed by atoms with E-state index in [1.807, 2.05) is 19.1 Å². The van der Waals surface area contributed by atoms with Gasteiger partial charge in [0.1, 0.15) is 0 Å². The highest BCUT2D eigenvalue weighted by molar-refractivity contribution is 5.24. The zero-order valence-electron chi connectivity index (χ0n) is 11.4. The number of aryl methyl sites for hydroxylation is 1. The van der Waals surface area contributed by atoms with E-state index >= 15 is 0 Å². The molecule has 1 saturated heterocycles. The van der Waals surface area contributed by atoms with Crippen molar-refractivity contribution in [2.45, 2.75) is 45.4 Å². The fraction of sp³-hybridized carbons (Fsp3) is 0.643. The summed E-state index contributed by atoms with van der Waals surface area (Å²) < 4.78 is 11.1. The minimum atomic E-state index is 0.362. The average molecular weight is 250 g/mol. The van der Waals surface area contributed by atoms with Crippen LogP contribution in [0.5, 0.6) is 5.88 Å². The maximum Gasteiger partial charge on any atom is 0.213 e. The molecular weight excluding hydrogens is 228 g/mol. The van der Waals surface area contributed by atoms with Crippen LogP contribution in [0.3, 0.4) is 0 Å². The zero-order valence-corrected chi connectivity index (χ0v) is 11.4. The van der Waals surface area contributed by atoms with Gasteiger partial charge in [0, 0.05) is 17.8 Å². The molecule has 0 amide bonds. The van der Waals surface area contributed by atoms with E-state index in [2.05, 4.69) is 17.2 Å². The summed E-state index contributed by atoms with van der Waals surface area (Å²) in [6.45, 7) is 5.86. The number of methoxy groups -OCH3 is 1. The van der Waals surface area contributed by atoms with Crippen molar-refractivity contribution in [3.8, 4) is 5.88 Å². The highest BCUT2D eigenvalue weighted by Gasteiger charge is 2.18. The molecule has 1 fully saturated rings. The number of ether oxygens (including phenoxy) is 2. The van der Waals surface area contributed by atoms with E-state index in [0.717, 1.165) is 30.6 Å². The minimum absolute atomic E-state index is 0.362. The van der Waals surface area contributed by atoms with Crippen LogP contribution < -0.4 is 10.1 Å². The van der Waals surface area contributed by atoms with Gasteiger partial charge in [-0.15, -0.1) is 0 Å². The van der Waals surface area contributed by atoms with Crippen LogP contribution in [0.25, 0.3) is 0 Å². The van der Waals surface area contributed by atoms with Crippen LogP contribution in [0, 0.1) is 6.92 Å². The highest BCUT2D eigenvalue weighted by atomic mass is 16.5. The van der Waals surface area contributed by atoms with Crippen molar-refractivity contribution >= 4 is 0 Å². The largest absolute Gasteiger partial charge is 0.481 e. The quantitative estimate of drug-likeness (QED) is 0.888. The van der Waals surface area contributed by atoms with Crippen molar-refractivity contribution in [3.05, 3.63) is 23.4 Å². The van der Waals surface area contributed by atoms with Gasteiger partial charge in [0.15, 0.2) is 0 Å². The summed E-state index contributed by atoms with van der Waals surface area (Å²) in [6, 6.07) is 4.54. The van der Waals surface area contributed by atoms with Crippen molar-refractivity contribution in [3.63, 3.8) is 0 Å². The van der Waals surface area contributed by atoms with Gasteiger partial charge in [-0.1, -0.05) is 0 Å². The van der Waals surface area contributed by atoms with Gasteiger partial charge >= 0.3 is 0 Å². The topological polar surface area (TPSA) is 43.4 Å². The van der Waals surface area contributed by atoms with Crippen LogP contribution in [0.4, 0.5) is 0 Å². The van der Waals surface area contributed by atoms with E-state index in [1.54, 1.807) is 7.11 Å². The van der Waals surface area contributed by atoms with Crippen LogP contribution in [-0.4, -0.2) is 30.8 Å². The van der Waals surface area contributed by atoms with Crippen molar-refractivity contribution in [2.75, 3.05) is 13.7 Å². The standard InChI is InChI=1S/C14H22N2O2/c1-10-7-13(4-5-15-10)18-9-12-6-11(2)16-14(8-12)17-3/h6,8,10,13,15H,4-5,7,9H2,1-3H3/t10-,13-/m0/s1. The lowest BCUT2D eigenvalue weighted by Crippen LogP contribution is -2.39. The molecular formula is C14H22N2O2. The Labute approximate surface area is 109 Å². The number of pyridine rings is 1. The molecule has 4 nitrogen and oxygen atoms in total. The fourth-order valence-corrected chi connectivity index (χ4v) is 2.35. The molecule has 2 rings (SSSR count). The van der Waals surface area contributed by atoms with Crippen molar-refractivity contribution < 1.29 is 9.47 Å². The number of hydrogen-bond acceptors (Lipinski definition) is 4. The molecule has 0 aromatic carbocycles. The van der Waals surface area contributed by atoms with Gasteiger partial charge in [-0.25, -0.2) is 4.98 Å². The van der Waals surface area contributed by atoms with E-state index in [-0.39, 0.29) is 0 Å². The monoisotopic (exact) mass is 250 g/mol. The molecule has 0 radical (unpaired) electrons. The number of hydrogen-bond donors (Lipinski definition) is 1. The third kappa shape index (κ3) is 3.68. The van der Waals surface area contributed by atoms with Crippen molar-refractivity contribution in [2.24, 2.45) is 0 Å². The molecule has 1 aliphatic heterocycles. The maximum absolute atomic E-state index is 5.97. The molecule has 0 spiro atoms. The lowest BCUT2D eigenvalue weighted by molar-refractivity contribution is 0.0125. The Morgan fingerprint density at radius 3 is 3.00 bits per heavy atom. The molecule has 1 aromatic rings. The number of aromatic nitrogens is 1. The summed E-state index contributed by atoms with van der Waals surface area (Å²) in [4.78, 5) is 4.27. The minimum Gasteiger partial charge on any atom is -0.481 e. The Hall–Kier alpha value is -1.13. The Balaban J connectivity index is 1.91. The molecule has 4 heteroatoms. The molecule has 1 aromatic heterocycles. The maximum atomic E-state index is 5.97. The molecule has 18 heavy (non-hydrogen) atoms. The predicted octanol–water partition coefficient (Wildman–Crippen LogP) is 2.06. The van der Waals surface area contributed by atoms with Gasteiger partial charge in [0.05, 0.1) is 19.8 Å². The molecule has 0 unspecified atom stereocenters. The van der Waals surface area contributed by atoms with Gasteiger partial charge in [-0.3, -0.25) is 0 Å². The van der Waals surface area contributed by atoms with Crippen LogP contribution in [0.2, 0.25) is 0 Å². The Kier molecular flexibility index (Phi) is 4.55. The first-order valence-corrected chi connectivity index (χ1v) is 6.54. The summed E-state index contributed by atoms with van der Waals surface area (Å²) in [7, 11) is 1.64. The predicted molar refractivity (Wildman–Crippen MR) is 70.8 cm³/mol. The van der Waals surface area contributed by atoms with Crippen LogP contribution in [0.15, 0.2) is 12.1 Å². The van der Waals surface area contributed by atoms with Gasteiger partial charge in [0.25, 0.3) is 0 Å². The second-order valence-electron chi connectivity index (χ2n) is 4.97. The zero-order chi connectivity index (χ0) is 13.0. The molecule has 2 heterocycles. The van der Waals surface area contributed by atoms with Crippen LogP contribution in [0.1, 0.15) is 31.0 Å². The first-order chi connectivity index (χ1) is 8.67. The first-order valence-electron chi connectivity index (χ1n) is 6.54. The second kappa shape index (κ2) is 6.16. The number of rotatable bonds is 4. The van der Waals surface area contributed by atoms with Gasteiger partial charge in [-0.05, 0) is 44.9 Å².